The molecule has 0 aliphatic heterocycles. The molecule has 96 valence electrons. The molecule has 0 bridgehead atoms. The summed E-state index contributed by atoms with van der Waals surface area (Å²) in [7, 11) is -3.32. The Morgan fingerprint density at radius 2 is 2.24 bits per heavy atom. The third-order valence-corrected chi connectivity index (χ3v) is 3.81. The molecule has 0 unspecified atom stereocenters. The van der Waals surface area contributed by atoms with E-state index in [2.05, 4.69) is 9.71 Å². The van der Waals surface area contributed by atoms with Crippen molar-refractivity contribution in [2.75, 3.05) is 12.4 Å². The molecule has 0 radical (unpaired) electrons. The third kappa shape index (κ3) is 4.80. The van der Waals surface area contributed by atoms with Crippen LogP contribution in [0.25, 0.3) is 0 Å². The first-order valence-electron chi connectivity index (χ1n) is 5.60. The molecule has 0 atom stereocenters. The number of hydrogen-bond donors (Lipinski definition) is 2. The van der Waals surface area contributed by atoms with Crippen molar-refractivity contribution in [2.45, 2.75) is 26.3 Å². The molecule has 0 amide bonds. The van der Waals surface area contributed by atoms with Gasteiger partial charge in [0.25, 0.3) is 0 Å². The van der Waals surface area contributed by atoms with Crippen LogP contribution in [0.5, 0.6) is 0 Å². The van der Waals surface area contributed by atoms with Gasteiger partial charge >= 0.3 is 0 Å². The molecular formula is C11H18N2O3S. The molecule has 1 aromatic rings. The Morgan fingerprint density at radius 3 is 2.88 bits per heavy atom. The third-order valence-electron chi connectivity index (χ3n) is 2.40. The number of nitrogens with zero attached hydrogens (tertiary/aromatic N) is 1. The number of aliphatic hydroxyl groups excluding tert-OH is 1. The van der Waals surface area contributed by atoms with E-state index in [-0.39, 0.29) is 25.3 Å². The second-order valence-electron chi connectivity index (χ2n) is 3.68. The van der Waals surface area contributed by atoms with Gasteiger partial charge in [0, 0.05) is 12.8 Å². The highest BCUT2D eigenvalue weighted by molar-refractivity contribution is 7.89. The molecule has 1 heterocycles. The molecule has 2 N–H and O–H groups in total. The van der Waals surface area contributed by atoms with Gasteiger partial charge in [-0.2, -0.15) is 0 Å². The molecule has 0 fully saturated rings. The fraction of sp³-hybridized carbons (Fsp3) is 0.545. The van der Waals surface area contributed by atoms with E-state index in [0.29, 0.717) is 0 Å². The fourth-order valence-electron chi connectivity index (χ4n) is 1.46. The molecule has 0 aliphatic carbocycles. The Hall–Kier alpha value is -0.980. The van der Waals surface area contributed by atoms with Crippen molar-refractivity contribution < 1.29 is 13.5 Å². The summed E-state index contributed by atoms with van der Waals surface area (Å²) in [6.07, 6.45) is 2.72. The van der Waals surface area contributed by atoms with E-state index in [9.17, 15) is 8.42 Å². The standard InChI is InChI=1S/C11H18N2O3S/c1-2-10-5-3-6-12-11(10)9-13-17(15,16)8-4-7-14/h3,5-6,13-14H,2,4,7-9H2,1H3. The SMILES string of the molecule is CCc1cccnc1CNS(=O)(=O)CCCO. The van der Waals surface area contributed by atoms with Crippen molar-refractivity contribution in [3.05, 3.63) is 29.6 Å². The van der Waals surface area contributed by atoms with Gasteiger partial charge in [-0.05, 0) is 24.5 Å². The van der Waals surface area contributed by atoms with E-state index in [0.717, 1.165) is 17.7 Å². The Balaban J connectivity index is 2.61. The lowest BCUT2D eigenvalue weighted by molar-refractivity contribution is 0.295. The van der Waals surface area contributed by atoms with Gasteiger partial charge < -0.3 is 5.11 Å². The summed E-state index contributed by atoms with van der Waals surface area (Å²) >= 11 is 0. The van der Waals surface area contributed by atoms with Crippen LogP contribution in [0, 0.1) is 0 Å². The zero-order chi connectivity index (χ0) is 12.7. The number of aromatic nitrogens is 1. The number of sulfonamides is 1. The van der Waals surface area contributed by atoms with Crippen molar-refractivity contribution in [3.8, 4) is 0 Å². The minimum Gasteiger partial charge on any atom is -0.396 e. The van der Waals surface area contributed by atoms with Crippen molar-refractivity contribution in [3.63, 3.8) is 0 Å². The molecule has 5 nitrogen and oxygen atoms in total. The highest BCUT2D eigenvalue weighted by Crippen LogP contribution is 2.06. The monoisotopic (exact) mass is 258 g/mol. The van der Waals surface area contributed by atoms with Crippen molar-refractivity contribution in [1.29, 1.82) is 0 Å². The van der Waals surface area contributed by atoms with E-state index >= 15 is 0 Å². The second kappa shape index (κ2) is 6.68. The van der Waals surface area contributed by atoms with Crippen LogP contribution >= 0.6 is 0 Å². The maximum Gasteiger partial charge on any atom is 0.212 e. The number of pyridine rings is 1. The first kappa shape index (κ1) is 14.1. The largest absolute Gasteiger partial charge is 0.396 e. The summed E-state index contributed by atoms with van der Waals surface area (Å²) < 4.78 is 25.5. The normalized spacial score (nSPS) is 11.6. The molecule has 0 saturated carbocycles. The highest BCUT2D eigenvalue weighted by atomic mass is 32.2. The van der Waals surface area contributed by atoms with Crippen LogP contribution in [0.2, 0.25) is 0 Å². The number of aliphatic hydroxyl groups is 1. The van der Waals surface area contributed by atoms with Gasteiger partial charge in [0.15, 0.2) is 0 Å². The van der Waals surface area contributed by atoms with Gasteiger partial charge in [0.1, 0.15) is 0 Å². The van der Waals surface area contributed by atoms with Crippen LogP contribution in [0.4, 0.5) is 0 Å². The van der Waals surface area contributed by atoms with Crippen molar-refractivity contribution in [2.24, 2.45) is 0 Å². The first-order chi connectivity index (χ1) is 8.09. The highest BCUT2D eigenvalue weighted by Gasteiger charge is 2.10. The summed E-state index contributed by atoms with van der Waals surface area (Å²) in [4.78, 5) is 4.16. The van der Waals surface area contributed by atoms with Crippen molar-refractivity contribution in [1.82, 2.24) is 9.71 Å². The molecule has 6 heteroatoms. The lowest BCUT2D eigenvalue weighted by atomic mass is 10.1. The summed E-state index contributed by atoms with van der Waals surface area (Å²) in [5.74, 6) is -0.0577. The van der Waals surface area contributed by atoms with E-state index < -0.39 is 10.0 Å². The maximum absolute atomic E-state index is 11.5. The smallest absolute Gasteiger partial charge is 0.212 e. The summed E-state index contributed by atoms with van der Waals surface area (Å²) in [5.41, 5.74) is 1.79. The summed E-state index contributed by atoms with van der Waals surface area (Å²) in [6.45, 7) is 2.09. The van der Waals surface area contributed by atoms with E-state index in [1.165, 1.54) is 0 Å². The second-order valence-corrected chi connectivity index (χ2v) is 5.61. The van der Waals surface area contributed by atoms with Crippen molar-refractivity contribution >= 4 is 10.0 Å². The quantitative estimate of drug-likeness (QED) is 0.744. The molecule has 0 aliphatic rings. The van der Waals surface area contributed by atoms with Crippen LogP contribution < -0.4 is 4.72 Å². The molecule has 1 rings (SSSR count). The van der Waals surface area contributed by atoms with Gasteiger partial charge in [0.2, 0.25) is 10.0 Å². The van der Waals surface area contributed by atoms with E-state index in [4.69, 9.17) is 5.11 Å². The molecule has 1 aromatic heterocycles. The number of rotatable bonds is 7. The van der Waals surface area contributed by atoms with E-state index in [1.807, 2.05) is 19.1 Å². The molecule has 0 aromatic carbocycles. The fourth-order valence-corrected chi connectivity index (χ4v) is 2.47. The van der Waals surface area contributed by atoms with Crippen LogP contribution in [0.1, 0.15) is 24.6 Å². The topological polar surface area (TPSA) is 79.3 Å². The Labute approximate surface area is 102 Å². The zero-order valence-electron chi connectivity index (χ0n) is 9.89. The van der Waals surface area contributed by atoms with Gasteiger partial charge in [-0.25, -0.2) is 13.1 Å². The minimum atomic E-state index is -3.32. The Morgan fingerprint density at radius 1 is 1.47 bits per heavy atom. The number of nitrogens with one attached hydrogen (secondary N) is 1. The van der Waals surface area contributed by atoms with Crippen LogP contribution in [0.3, 0.4) is 0 Å². The van der Waals surface area contributed by atoms with Gasteiger partial charge in [0.05, 0.1) is 18.0 Å². The number of aryl methyl sites for hydroxylation is 1. The maximum atomic E-state index is 11.5. The average molecular weight is 258 g/mol. The van der Waals surface area contributed by atoms with Gasteiger partial charge in [-0.3, -0.25) is 4.98 Å². The predicted molar refractivity (Wildman–Crippen MR) is 65.9 cm³/mol. The number of hydrogen-bond acceptors (Lipinski definition) is 4. The van der Waals surface area contributed by atoms with Crippen LogP contribution in [-0.4, -0.2) is 30.9 Å². The average Bonchev–Trinajstić information content (AvgIpc) is 2.34. The predicted octanol–water partition coefficient (Wildman–Crippen LogP) is 0.446. The van der Waals surface area contributed by atoms with Crippen LogP contribution in [-0.2, 0) is 23.0 Å². The lowest BCUT2D eigenvalue weighted by Gasteiger charge is -2.08. The first-order valence-corrected chi connectivity index (χ1v) is 7.25. The Bertz CT molecular complexity index is 446. The molecule has 17 heavy (non-hydrogen) atoms. The van der Waals surface area contributed by atoms with Gasteiger partial charge in [-0.15, -0.1) is 0 Å². The summed E-state index contributed by atoms with van der Waals surface area (Å²) in [6, 6.07) is 3.77. The van der Waals surface area contributed by atoms with Crippen LogP contribution in [0.15, 0.2) is 18.3 Å². The van der Waals surface area contributed by atoms with E-state index in [1.54, 1.807) is 6.20 Å². The summed E-state index contributed by atoms with van der Waals surface area (Å²) in [5, 5.41) is 8.59. The molecule has 0 saturated heterocycles. The minimum absolute atomic E-state index is 0.0577. The van der Waals surface area contributed by atoms with Gasteiger partial charge in [-0.1, -0.05) is 13.0 Å². The Kier molecular flexibility index (Phi) is 5.54. The lowest BCUT2D eigenvalue weighted by Crippen LogP contribution is -2.27. The zero-order valence-corrected chi connectivity index (χ0v) is 10.7. The molecule has 0 spiro atoms. The molecular weight excluding hydrogens is 240 g/mol.